The molecule has 1 saturated heterocycles. The van der Waals surface area contributed by atoms with Crippen LogP contribution in [0.2, 0.25) is 5.02 Å². The van der Waals surface area contributed by atoms with Gasteiger partial charge in [-0.05, 0) is 48.7 Å². The lowest BCUT2D eigenvalue weighted by Gasteiger charge is -2.32. The molecule has 1 aromatic heterocycles. The maximum Gasteiger partial charge on any atom is 0.319 e. The van der Waals surface area contributed by atoms with E-state index in [0.717, 1.165) is 38.2 Å². The molecule has 0 atom stereocenters. The summed E-state index contributed by atoms with van der Waals surface area (Å²) >= 11 is 6.33. The smallest absolute Gasteiger partial charge is 0.319 e. The summed E-state index contributed by atoms with van der Waals surface area (Å²) < 4.78 is 5.73. The first-order valence-corrected chi connectivity index (χ1v) is 11.2. The van der Waals surface area contributed by atoms with Crippen LogP contribution in [0.25, 0.3) is 0 Å². The van der Waals surface area contributed by atoms with Crippen molar-refractivity contribution in [3.05, 3.63) is 89.2 Å². The van der Waals surface area contributed by atoms with Gasteiger partial charge in [0.25, 0.3) is 0 Å². The molecule has 166 valence electrons. The van der Waals surface area contributed by atoms with Gasteiger partial charge in [0, 0.05) is 37.6 Å². The maximum atomic E-state index is 12.4. The van der Waals surface area contributed by atoms with Gasteiger partial charge in [-0.2, -0.15) is 0 Å². The van der Waals surface area contributed by atoms with Crippen molar-refractivity contribution >= 4 is 23.3 Å². The second-order valence-electron chi connectivity index (χ2n) is 7.89. The summed E-state index contributed by atoms with van der Waals surface area (Å²) in [5.41, 5.74) is 2.76. The number of amides is 2. The summed E-state index contributed by atoms with van der Waals surface area (Å²) in [6.45, 7) is 3.21. The lowest BCUT2D eigenvalue weighted by Crippen LogP contribution is -2.45. The van der Waals surface area contributed by atoms with Gasteiger partial charge in [-0.15, -0.1) is 0 Å². The van der Waals surface area contributed by atoms with Crippen molar-refractivity contribution < 1.29 is 9.53 Å². The van der Waals surface area contributed by atoms with E-state index in [-0.39, 0.29) is 12.1 Å². The highest BCUT2D eigenvalue weighted by Crippen LogP contribution is 2.28. The average Bonchev–Trinajstić information content (AvgIpc) is 2.81. The molecule has 4 rings (SSSR count). The minimum absolute atomic E-state index is 0.165. The molecule has 0 bridgehead atoms. The van der Waals surface area contributed by atoms with Crippen LogP contribution in [0.4, 0.5) is 10.5 Å². The Kier molecular flexibility index (Phi) is 7.59. The van der Waals surface area contributed by atoms with Crippen LogP contribution < -0.4 is 15.4 Å². The molecule has 2 heterocycles. The van der Waals surface area contributed by atoms with E-state index in [9.17, 15) is 4.79 Å². The monoisotopic (exact) mass is 450 g/mol. The zero-order valence-corrected chi connectivity index (χ0v) is 18.6. The average molecular weight is 451 g/mol. The molecule has 2 amide bonds. The van der Waals surface area contributed by atoms with Crippen LogP contribution >= 0.6 is 11.6 Å². The number of hydrogen-bond donors (Lipinski definition) is 2. The molecule has 0 radical (unpaired) electrons. The molecule has 1 aliphatic rings. The van der Waals surface area contributed by atoms with Crippen LogP contribution in [0.1, 0.15) is 24.1 Å². The fourth-order valence-electron chi connectivity index (χ4n) is 3.76. The Morgan fingerprint density at radius 1 is 1.06 bits per heavy atom. The zero-order valence-electron chi connectivity index (χ0n) is 17.8. The topological polar surface area (TPSA) is 66.5 Å². The standard InChI is InChI=1S/C25H27ClN4O2/c26-23-16-21(9-10-24(23)32-18-22-8-4-5-13-27-22)29-25(31)28-20-11-14-30(15-12-20)17-19-6-2-1-3-7-19/h1-10,13,16,20H,11-12,14-15,17-18H2,(H2,28,29,31). The van der Waals surface area contributed by atoms with Gasteiger partial charge in [0.05, 0.1) is 10.7 Å². The van der Waals surface area contributed by atoms with Gasteiger partial charge >= 0.3 is 6.03 Å². The van der Waals surface area contributed by atoms with E-state index in [4.69, 9.17) is 16.3 Å². The van der Waals surface area contributed by atoms with Crippen LogP contribution in [-0.2, 0) is 13.2 Å². The highest BCUT2D eigenvalue weighted by molar-refractivity contribution is 6.32. The molecule has 1 fully saturated rings. The summed E-state index contributed by atoms with van der Waals surface area (Å²) in [4.78, 5) is 19.1. The maximum absolute atomic E-state index is 12.4. The number of carbonyl (C=O) groups excluding carboxylic acids is 1. The number of ether oxygens (including phenoxy) is 1. The summed E-state index contributed by atoms with van der Waals surface area (Å²) in [6.07, 6.45) is 3.58. The number of piperidine rings is 1. The van der Waals surface area contributed by atoms with Crippen LogP contribution in [0, 0.1) is 0 Å². The number of pyridine rings is 1. The number of aromatic nitrogens is 1. The minimum atomic E-state index is -0.218. The number of benzene rings is 2. The molecule has 0 unspecified atom stereocenters. The number of carbonyl (C=O) groups is 1. The third-order valence-electron chi connectivity index (χ3n) is 5.46. The van der Waals surface area contributed by atoms with Gasteiger partial charge in [-0.3, -0.25) is 9.88 Å². The SMILES string of the molecule is O=C(Nc1ccc(OCc2ccccn2)c(Cl)c1)NC1CCN(Cc2ccccc2)CC1. The van der Waals surface area contributed by atoms with Crippen molar-refractivity contribution in [3.63, 3.8) is 0 Å². The number of urea groups is 1. The number of nitrogens with zero attached hydrogens (tertiary/aromatic N) is 2. The molecule has 3 aromatic rings. The van der Waals surface area contributed by atoms with Crippen molar-refractivity contribution in [3.8, 4) is 5.75 Å². The van der Waals surface area contributed by atoms with E-state index < -0.39 is 0 Å². The number of rotatable bonds is 7. The molecule has 2 aromatic carbocycles. The fraction of sp³-hybridized carbons (Fsp3) is 0.280. The van der Waals surface area contributed by atoms with Gasteiger partial charge in [0.1, 0.15) is 12.4 Å². The Balaban J connectivity index is 1.21. The number of halogens is 1. The summed E-state index contributed by atoms with van der Waals surface area (Å²) in [7, 11) is 0. The van der Waals surface area contributed by atoms with Crippen molar-refractivity contribution in [2.75, 3.05) is 18.4 Å². The first-order chi connectivity index (χ1) is 15.7. The molecule has 6 nitrogen and oxygen atoms in total. The van der Waals surface area contributed by atoms with Gasteiger partial charge < -0.3 is 15.4 Å². The lowest BCUT2D eigenvalue weighted by atomic mass is 10.0. The molecule has 0 spiro atoms. The summed E-state index contributed by atoms with van der Waals surface area (Å²) in [5, 5.41) is 6.38. The van der Waals surface area contributed by atoms with Crippen molar-refractivity contribution in [1.82, 2.24) is 15.2 Å². The Morgan fingerprint density at radius 2 is 1.84 bits per heavy atom. The molecular formula is C25H27ClN4O2. The molecule has 2 N–H and O–H groups in total. The largest absolute Gasteiger partial charge is 0.486 e. The van der Waals surface area contributed by atoms with Crippen LogP contribution in [-0.4, -0.2) is 35.0 Å². The minimum Gasteiger partial charge on any atom is -0.486 e. The van der Waals surface area contributed by atoms with E-state index in [1.807, 2.05) is 24.3 Å². The Bertz CT molecular complexity index is 1010. The van der Waals surface area contributed by atoms with Gasteiger partial charge in [0.15, 0.2) is 0 Å². The Hall–Kier alpha value is -3.09. The van der Waals surface area contributed by atoms with Crippen LogP contribution in [0.15, 0.2) is 72.9 Å². The number of hydrogen-bond acceptors (Lipinski definition) is 4. The highest BCUT2D eigenvalue weighted by Gasteiger charge is 2.20. The second-order valence-corrected chi connectivity index (χ2v) is 8.30. The molecule has 0 saturated carbocycles. The van der Waals surface area contributed by atoms with E-state index >= 15 is 0 Å². The van der Waals surface area contributed by atoms with Gasteiger partial charge in [0.2, 0.25) is 0 Å². The second kappa shape index (κ2) is 11.0. The van der Waals surface area contributed by atoms with Gasteiger partial charge in [-0.1, -0.05) is 48.0 Å². The normalized spacial score (nSPS) is 14.7. The molecule has 0 aliphatic carbocycles. The molecule has 7 heteroatoms. The van der Waals surface area contributed by atoms with Gasteiger partial charge in [-0.25, -0.2) is 4.79 Å². The van der Waals surface area contributed by atoms with E-state index in [1.165, 1.54) is 5.56 Å². The third-order valence-corrected chi connectivity index (χ3v) is 5.76. The van der Waals surface area contributed by atoms with Crippen molar-refractivity contribution in [1.29, 1.82) is 0 Å². The van der Waals surface area contributed by atoms with Crippen LogP contribution in [0.3, 0.4) is 0 Å². The van der Waals surface area contributed by atoms with E-state index in [1.54, 1.807) is 24.4 Å². The number of nitrogens with one attached hydrogen (secondary N) is 2. The predicted octanol–water partition coefficient (Wildman–Crippen LogP) is 5.10. The Morgan fingerprint density at radius 3 is 2.56 bits per heavy atom. The number of likely N-dealkylation sites (tertiary alicyclic amines) is 1. The first kappa shape index (κ1) is 22.1. The predicted molar refractivity (Wildman–Crippen MR) is 127 cm³/mol. The molecular weight excluding hydrogens is 424 g/mol. The first-order valence-electron chi connectivity index (χ1n) is 10.8. The third kappa shape index (κ3) is 6.45. The molecule has 32 heavy (non-hydrogen) atoms. The van der Waals surface area contributed by atoms with E-state index in [2.05, 4.69) is 44.8 Å². The van der Waals surface area contributed by atoms with Crippen LogP contribution in [0.5, 0.6) is 5.75 Å². The van der Waals surface area contributed by atoms with E-state index in [0.29, 0.717) is 23.1 Å². The number of anilines is 1. The lowest BCUT2D eigenvalue weighted by molar-refractivity contribution is 0.190. The summed E-state index contributed by atoms with van der Waals surface area (Å²) in [5.74, 6) is 0.550. The fourth-order valence-corrected chi connectivity index (χ4v) is 4.00. The van der Waals surface area contributed by atoms with Crippen molar-refractivity contribution in [2.45, 2.75) is 32.0 Å². The molecule has 1 aliphatic heterocycles. The quantitative estimate of drug-likeness (QED) is 0.525. The highest BCUT2D eigenvalue weighted by atomic mass is 35.5. The van der Waals surface area contributed by atoms with Crippen molar-refractivity contribution in [2.24, 2.45) is 0 Å². The Labute approximate surface area is 193 Å². The summed E-state index contributed by atoms with van der Waals surface area (Å²) in [6, 6.07) is 21.3. The zero-order chi connectivity index (χ0) is 22.2.